The molecule has 0 spiro atoms. The second kappa shape index (κ2) is 5.97. The first-order chi connectivity index (χ1) is 9.60. The van der Waals surface area contributed by atoms with Crippen molar-refractivity contribution in [3.05, 3.63) is 33.4 Å². The van der Waals surface area contributed by atoms with Crippen LogP contribution in [-0.4, -0.2) is 27.5 Å². The Labute approximate surface area is 137 Å². The van der Waals surface area contributed by atoms with Gasteiger partial charge in [0.15, 0.2) is 0 Å². The van der Waals surface area contributed by atoms with Crippen LogP contribution in [0.2, 0.25) is 0 Å². The summed E-state index contributed by atoms with van der Waals surface area (Å²) in [4.78, 5) is 12.4. The van der Waals surface area contributed by atoms with E-state index in [-0.39, 0.29) is 23.2 Å². The molecule has 0 aliphatic carbocycles. The lowest BCUT2D eigenvalue weighted by Gasteiger charge is -2.36. The van der Waals surface area contributed by atoms with Crippen molar-refractivity contribution in [2.45, 2.75) is 48.7 Å². The standard InChI is InChI=1S/C16H19IO2S/c1-2-13(18)15-12(9-3-5-10(17)6-4-9)7-11-8-14(19)16(15)20-11/h3-6,11-12,14-16,19H,2,7-8H2,1H3/t11?,12-,14?,15-,16+/m1/s1. The lowest BCUT2D eigenvalue weighted by molar-refractivity contribution is -0.123. The van der Waals surface area contributed by atoms with Crippen molar-refractivity contribution in [3.8, 4) is 0 Å². The van der Waals surface area contributed by atoms with Crippen LogP contribution in [0.4, 0.5) is 0 Å². The highest BCUT2D eigenvalue weighted by Gasteiger charge is 2.50. The highest BCUT2D eigenvalue weighted by molar-refractivity contribution is 14.1. The van der Waals surface area contributed by atoms with Crippen LogP contribution < -0.4 is 0 Å². The van der Waals surface area contributed by atoms with E-state index in [0.29, 0.717) is 17.5 Å². The number of fused-ring (bicyclic) bond motifs is 2. The van der Waals surface area contributed by atoms with Crippen LogP contribution >= 0.6 is 34.4 Å². The molecule has 0 amide bonds. The van der Waals surface area contributed by atoms with Crippen LogP contribution in [0.1, 0.15) is 37.7 Å². The molecule has 1 aromatic carbocycles. The number of ketones is 1. The Morgan fingerprint density at radius 1 is 1.35 bits per heavy atom. The summed E-state index contributed by atoms with van der Waals surface area (Å²) in [6, 6.07) is 8.54. The molecule has 2 bridgehead atoms. The van der Waals surface area contributed by atoms with Gasteiger partial charge in [-0.1, -0.05) is 19.1 Å². The molecule has 5 atom stereocenters. The summed E-state index contributed by atoms with van der Waals surface area (Å²) in [5.74, 6) is 0.581. The summed E-state index contributed by atoms with van der Waals surface area (Å²) in [7, 11) is 0. The zero-order valence-corrected chi connectivity index (χ0v) is 14.4. The van der Waals surface area contributed by atoms with E-state index in [0.717, 1.165) is 12.8 Å². The Kier molecular flexibility index (Phi) is 4.43. The normalized spacial score (nSPS) is 36.0. The monoisotopic (exact) mass is 402 g/mol. The van der Waals surface area contributed by atoms with Crippen LogP contribution in [0, 0.1) is 9.49 Å². The second-order valence-corrected chi connectivity index (χ2v) is 8.49. The first-order valence-corrected chi connectivity index (χ1v) is 9.24. The minimum absolute atomic E-state index is 0.0150. The van der Waals surface area contributed by atoms with Crippen molar-refractivity contribution >= 4 is 40.1 Å². The minimum Gasteiger partial charge on any atom is -0.392 e. The second-order valence-electron chi connectivity index (χ2n) is 5.77. The van der Waals surface area contributed by atoms with Crippen LogP contribution in [0.5, 0.6) is 0 Å². The molecule has 108 valence electrons. The highest BCUT2D eigenvalue weighted by Crippen LogP contribution is 2.53. The lowest BCUT2D eigenvalue weighted by atomic mass is 9.78. The third-order valence-corrected chi connectivity index (χ3v) is 6.97. The molecule has 2 saturated heterocycles. The van der Waals surface area contributed by atoms with Gasteiger partial charge in [0.25, 0.3) is 0 Å². The van der Waals surface area contributed by atoms with Gasteiger partial charge in [0.05, 0.1) is 6.10 Å². The van der Waals surface area contributed by atoms with E-state index in [4.69, 9.17) is 0 Å². The minimum atomic E-state index is -0.306. The van der Waals surface area contributed by atoms with Crippen molar-refractivity contribution in [1.82, 2.24) is 0 Å². The molecule has 0 saturated carbocycles. The molecule has 2 heterocycles. The number of hydrogen-bond donors (Lipinski definition) is 1. The Bertz CT molecular complexity index is 502. The highest BCUT2D eigenvalue weighted by atomic mass is 127. The summed E-state index contributed by atoms with van der Waals surface area (Å²) in [6.45, 7) is 1.94. The average Bonchev–Trinajstić information content (AvgIpc) is 2.74. The number of Topliss-reactive ketones (excluding diaryl/α,β-unsaturated/α-hetero) is 1. The van der Waals surface area contributed by atoms with Crippen LogP contribution in [0.3, 0.4) is 0 Å². The van der Waals surface area contributed by atoms with E-state index in [2.05, 4.69) is 46.9 Å². The fourth-order valence-electron chi connectivity index (χ4n) is 3.60. The maximum Gasteiger partial charge on any atom is 0.137 e. The van der Waals surface area contributed by atoms with Gasteiger partial charge in [-0.15, -0.1) is 0 Å². The predicted octanol–water partition coefficient (Wildman–Crippen LogP) is 3.61. The van der Waals surface area contributed by atoms with Crippen molar-refractivity contribution in [3.63, 3.8) is 0 Å². The van der Waals surface area contributed by atoms with Crippen LogP contribution in [0.25, 0.3) is 0 Å². The quantitative estimate of drug-likeness (QED) is 0.786. The summed E-state index contributed by atoms with van der Waals surface area (Å²) in [5, 5.41) is 10.9. The van der Waals surface area contributed by atoms with Gasteiger partial charge in [-0.3, -0.25) is 4.79 Å². The predicted molar refractivity (Wildman–Crippen MR) is 91.1 cm³/mol. The maximum atomic E-state index is 12.4. The number of benzene rings is 1. The fourth-order valence-corrected chi connectivity index (χ4v) is 5.84. The third-order valence-electron chi connectivity index (χ3n) is 4.56. The molecule has 3 rings (SSSR count). The summed E-state index contributed by atoms with van der Waals surface area (Å²) >= 11 is 4.15. The van der Waals surface area contributed by atoms with Crippen LogP contribution in [0.15, 0.2) is 24.3 Å². The van der Waals surface area contributed by atoms with Gasteiger partial charge >= 0.3 is 0 Å². The molecule has 2 unspecified atom stereocenters. The molecule has 0 aromatic heterocycles. The topological polar surface area (TPSA) is 37.3 Å². The number of carbonyl (C=O) groups is 1. The Morgan fingerprint density at radius 2 is 2.05 bits per heavy atom. The SMILES string of the molecule is CCC(=O)[C@H]1[C@@H](c2ccc(I)cc2)CC2CC(O)[C@@H]1S2. The van der Waals surface area contributed by atoms with Crippen molar-refractivity contribution in [1.29, 1.82) is 0 Å². The van der Waals surface area contributed by atoms with E-state index < -0.39 is 0 Å². The Balaban J connectivity index is 1.95. The Hall–Kier alpha value is -0.0700. The molecule has 20 heavy (non-hydrogen) atoms. The first-order valence-electron chi connectivity index (χ1n) is 7.22. The molecule has 2 aliphatic heterocycles. The Morgan fingerprint density at radius 3 is 2.70 bits per heavy atom. The lowest BCUT2D eigenvalue weighted by Crippen LogP contribution is -2.37. The van der Waals surface area contributed by atoms with Crippen molar-refractivity contribution < 1.29 is 9.90 Å². The smallest absolute Gasteiger partial charge is 0.137 e. The summed E-state index contributed by atoms with van der Waals surface area (Å²) in [5.41, 5.74) is 1.27. The number of carbonyl (C=O) groups excluding carboxylic acids is 1. The molecule has 0 radical (unpaired) electrons. The molecule has 2 fully saturated rings. The largest absolute Gasteiger partial charge is 0.392 e. The van der Waals surface area contributed by atoms with Gasteiger partial charge in [-0.2, -0.15) is 11.8 Å². The summed E-state index contributed by atoms with van der Waals surface area (Å²) < 4.78 is 1.22. The third kappa shape index (κ3) is 2.66. The number of aliphatic hydroxyl groups excluding tert-OH is 1. The number of rotatable bonds is 3. The molecule has 1 aromatic rings. The van der Waals surface area contributed by atoms with Gasteiger partial charge in [0.2, 0.25) is 0 Å². The molecule has 2 nitrogen and oxygen atoms in total. The number of hydrogen-bond acceptors (Lipinski definition) is 3. The zero-order valence-electron chi connectivity index (χ0n) is 11.5. The number of halogens is 1. The van der Waals surface area contributed by atoms with Gasteiger partial charge < -0.3 is 5.11 Å². The zero-order chi connectivity index (χ0) is 14.3. The van der Waals surface area contributed by atoms with E-state index in [1.54, 1.807) is 0 Å². The molecular formula is C16H19IO2S. The fraction of sp³-hybridized carbons (Fsp3) is 0.562. The van der Waals surface area contributed by atoms with E-state index in [9.17, 15) is 9.90 Å². The van der Waals surface area contributed by atoms with E-state index >= 15 is 0 Å². The van der Waals surface area contributed by atoms with Crippen molar-refractivity contribution in [2.75, 3.05) is 0 Å². The molecule has 2 aliphatic rings. The van der Waals surface area contributed by atoms with E-state index in [1.165, 1.54) is 9.13 Å². The molecule has 4 heteroatoms. The number of aliphatic hydroxyl groups is 1. The average molecular weight is 402 g/mol. The molecular weight excluding hydrogens is 383 g/mol. The van der Waals surface area contributed by atoms with Gasteiger partial charge in [0, 0.05) is 26.4 Å². The van der Waals surface area contributed by atoms with Gasteiger partial charge in [-0.05, 0) is 59.0 Å². The van der Waals surface area contributed by atoms with Crippen LogP contribution in [-0.2, 0) is 4.79 Å². The van der Waals surface area contributed by atoms with E-state index in [1.807, 2.05) is 18.7 Å². The number of thioether (sulfide) groups is 1. The maximum absolute atomic E-state index is 12.4. The molecule has 1 N–H and O–H groups in total. The van der Waals surface area contributed by atoms with Crippen molar-refractivity contribution in [2.24, 2.45) is 5.92 Å². The first kappa shape index (κ1) is 14.9. The summed E-state index contributed by atoms with van der Waals surface area (Å²) in [6.07, 6.45) is 2.14. The van der Waals surface area contributed by atoms with Gasteiger partial charge in [0.1, 0.15) is 5.78 Å². The van der Waals surface area contributed by atoms with Gasteiger partial charge in [-0.25, -0.2) is 0 Å².